The highest BCUT2D eigenvalue weighted by molar-refractivity contribution is 5.98. The minimum absolute atomic E-state index is 0.0308. The Morgan fingerprint density at radius 2 is 1.52 bits per heavy atom. The van der Waals surface area contributed by atoms with Crippen molar-refractivity contribution in [3.63, 3.8) is 0 Å². The van der Waals surface area contributed by atoms with E-state index in [-0.39, 0.29) is 18.0 Å². The van der Waals surface area contributed by atoms with E-state index in [0.29, 0.717) is 17.1 Å². The van der Waals surface area contributed by atoms with E-state index in [1.165, 1.54) is 38.5 Å². The summed E-state index contributed by atoms with van der Waals surface area (Å²) in [5.41, 5.74) is 0.00807. The predicted molar refractivity (Wildman–Crippen MR) is 109 cm³/mol. The fraction of sp³-hybridized carbons (Fsp3) is 0.364. The first kappa shape index (κ1) is 24.0. The van der Waals surface area contributed by atoms with Crippen molar-refractivity contribution in [1.82, 2.24) is 10.6 Å². The van der Waals surface area contributed by atoms with Crippen molar-refractivity contribution >= 4 is 11.8 Å². The van der Waals surface area contributed by atoms with Crippen LogP contribution in [-0.2, 0) is 17.5 Å². The summed E-state index contributed by atoms with van der Waals surface area (Å²) in [6.07, 6.45) is -4.42. The van der Waals surface area contributed by atoms with Crippen LogP contribution >= 0.6 is 0 Å². The average molecular weight is 438 g/mol. The Hall–Kier alpha value is -3.23. The van der Waals surface area contributed by atoms with E-state index in [0.717, 1.165) is 12.1 Å². The summed E-state index contributed by atoms with van der Waals surface area (Å²) in [6, 6.07) is 8.33. The maximum absolute atomic E-state index is 12.7. The van der Waals surface area contributed by atoms with Crippen LogP contribution in [0.2, 0.25) is 0 Å². The summed E-state index contributed by atoms with van der Waals surface area (Å²) in [4.78, 5) is 25.3. The fourth-order valence-electron chi connectivity index (χ4n) is 2.81. The molecule has 168 valence electrons. The van der Waals surface area contributed by atoms with E-state index in [1.54, 1.807) is 19.9 Å². The number of amides is 2. The molecule has 2 aromatic rings. The summed E-state index contributed by atoms with van der Waals surface area (Å²) in [5, 5.41) is 5.35. The summed E-state index contributed by atoms with van der Waals surface area (Å²) in [7, 11) is 2.92. The molecular weight excluding hydrogens is 413 g/mol. The second kappa shape index (κ2) is 10.2. The van der Waals surface area contributed by atoms with Gasteiger partial charge in [0.05, 0.1) is 19.8 Å². The van der Waals surface area contributed by atoms with E-state index < -0.39 is 29.6 Å². The summed E-state index contributed by atoms with van der Waals surface area (Å²) in [5.74, 6) is -0.308. The zero-order valence-electron chi connectivity index (χ0n) is 17.7. The van der Waals surface area contributed by atoms with Crippen LogP contribution in [0.4, 0.5) is 13.2 Å². The van der Waals surface area contributed by atoms with Gasteiger partial charge < -0.3 is 20.1 Å². The molecule has 0 aliphatic carbocycles. The van der Waals surface area contributed by atoms with Crippen LogP contribution in [-0.4, -0.2) is 32.1 Å². The molecule has 0 bridgehead atoms. The molecule has 0 saturated heterocycles. The third-order valence-electron chi connectivity index (χ3n) is 4.60. The summed E-state index contributed by atoms with van der Waals surface area (Å²) < 4.78 is 48.3. The number of ether oxygens (including phenoxy) is 2. The summed E-state index contributed by atoms with van der Waals surface area (Å²) in [6.45, 7) is 3.58. The van der Waals surface area contributed by atoms with Crippen molar-refractivity contribution in [2.75, 3.05) is 14.2 Å². The molecule has 0 heterocycles. The molecule has 6 nitrogen and oxygen atoms in total. The van der Waals surface area contributed by atoms with Crippen molar-refractivity contribution < 1.29 is 32.2 Å². The molecule has 2 aromatic carbocycles. The average Bonchev–Trinajstić information content (AvgIpc) is 2.74. The maximum atomic E-state index is 12.7. The van der Waals surface area contributed by atoms with E-state index in [9.17, 15) is 22.8 Å². The number of rotatable bonds is 8. The highest BCUT2D eigenvalue weighted by Gasteiger charge is 2.30. The van der Waals surface area contributed by atoms with Crippen LogP contribution < -0.4 is 20.1 Å². The molecule has 0 fully saturated rings. The molecule has 2 amide bonds. The topological polar surface area (TPSA) is 76.7 Å². The van der Waals surface area contributed by atoms with Gasteiger partial charge in [0.1, 0.15) is 17.5 Å². The molecule has 2 N–H and O–H groups in total. The number of carbonyl (C=O) groups excluding carboxylic acids is 2. The SMILES string of the molecule is COc1cc(OC)cc(C(=O)NC(C(=O)NCc2ccc(C(F)(F)F)cc2)C(C)C)c1. The van der Waals surface area contributed by atoms with Gasteiger partial charge in [0.15, 0.2) is 0 Å². The van der Waals surface area contributed by atoms with Gasteiger partial charge in [-0.15, -0.1) is 0 Å². The number of nitrogens with one attached hydrogen (secondary N) is 2. The van der Waals surface area contributed by atoms with Gasteiger partial charge in [-0.1, -0.05) is 26.0 Å². The van der Waals surface area contributed by atoms with Gasteiger partial charge in [0, 0.05) is 18.2 Å². The molecule has 2 rings (SSSR count). The van der Waals surface area contributed by atoms with E-state index in [1.807, 2.05) is 0 Å². The number of benzene rings is 2. The molecular formula is C22H25F3N2O4. The second-order valence-corrected chi connectivity index (χ2v) is 7.21. The van der Waals surface area contributed by atoms with E-state index >= 15 is 0 Å². The van der Waals surface area contributed by atoms with Crippen LogP contribution in [0.25, 0.3) is 0 Å². The normalized spacial score (nSPS) is 12.3. The molecule has 9 heteroatoms. The second-order valence-electron chi connectivity index (χ2n) is 7.21. The van der Waals surface area contributed by atoms with Gasteiger partial charge in [-0.05, 0) is 35.7 Å². The number of halogens is 3. The minimum Gasteiger partial charge on any atom is -0.497 e. The minimum atomic E-state index is -4.42. The predicted octanol–water partition coefficient (Wildman–Crippen LogP) is 3.79. The Balaban J connectivity index is 2.06. The molecule has 0 aromatic heterocycles. The Kier molecular flexibility index (Phi) is 7.90. The van der Waals surface area contributed by atoms with Crippen molar-refractivity contribution in [1.29, 1.82) is 0 Å². The third-order valence-corrected chi connectivity index (χ3v) is 4.60. The largest absolute Gasteiger partial charge is 0.497 e. The third kappa shape index (κ3) is 6.63. The van der Waals surface area contributed by atoms with Gasteiger partial charge in [0.25, 0.3) is 5.91 Å². The lowest BCUT2D eigenvalue weighted by Gasteiger charge is -2.22. The van der Waals surface area contributed by atoms with Crippen LogP contribution in [0.5, 0.6) is 11.5 Å². The quantitative estimate of drug-likeness (QED) is 0.658. The molecule has 0 saturated carbocycles. The number of carbonyl (C=O) groups is 2. The monoisotopic (exact) mass is 438 g/mol. The zero-order chi connectivity index (χ0) is 23.2. The van der Waals surface area contributed by atoms with Gasteiger partial charge in [-0.2, -0.15) is 13.2 Å². The molecule has 0 aliphatic heterocycles. The standard InChI is InChI=1S/C22H25F3N2O4/c1-13(2)19(27-20(28)15-9-17(30-3)11-18(10-15)31-4)21(29)26-12-14-5-7-16(8-6-14)22(23,24)25/h5-11,13,19H,12H2,1-4H3,(H,26,29)(H,27,28). The zero-order valence-corrected chi connectivity index (χ0v) is 17.7. The lowest BCUT2D eigenvalue weighted by atomic mass is 10.0. The van der Waals surface area contributed by atoms with Gasteiger partial charge in [-0.25, -0.2) is 0 Å². The Morgan fingerprint density at radius 1 is 0.968 bits per heavy atom. The molecule has 31 heavy (non-hydrogen) atoms. The van der Waals surface area contributed by atoms with Crippen LogP contribution in [0.1, 0.15) is 35.3 Å². The van der Waals surface area contributed by atoms with Crippen molar-refractivity contribution in [3.8, 4) is 11.5 Å². The lowest BCUT2D eigenvalue weighted by molar-refractivity contribution is -0.137. The van der Waals surface area contributed by atoms with Crippen molar-refractivity contribution in [2.45, 2.75) is 32.6 Å². The van der Waals surface area contributed by atoms with Gasteiger partial charge in [-0.3, -0.25) is 9.59 Å². The van der Waals surface area contributed by atoms with Crippen molar-refractivity contribution in [2.24, 2.45) is 5.92 Å². The highest BCUT2D eigenvalue weighted by atomic mass is 19.4. The molecule has 1 unspecified atom stereocenters. The number of alkyl halides is 3. The first-order chi connectivity index (χ1) is 14.5. The Labute approximate surface area is 178 Å². The number of hydrogen-bond donors (Lipinski definition) is 2. The van der Waals surface area contributed by atoms with Crippen LogP contribution in [0, 0.1) is 5.92 Å². The first-order valence-corrected chi connectivity index (χ1v) is 9.53. The molecule has 0 radical (unpaired) electrons. The fourth-order valence-corrected chi connectivity index (χ4v) is 2.81. The molecule has 1 atom stereocenters. The van der Waals surface area contributed by atoms with Crippen LogP contribution in [0.3, 0.4) is 0 Å². The number of hydrogen-bond acceptors (Lipinski definition) is 4. The summed E-state index contributed by atoms with van der Waals surface area (Å²) >= 11 is 0. The van der Waals surface area contributed by atoms with Crippen LogP contribution in [0.15, 0.2) is 42.5 Å². The Bertz CT molecular complexity index is 890. The number of methoxy groups -OCH3 is 2. The van der Waals surface area contributed by atoms with Crippen molar-refractivity contribution in [3.05, 3.63) is 59.2 Å². The van der Waals surface area contributed by atoms with E-state index in [2.05, 4.69) is 10.6 Å². The first-order valence-electron chi connectivity index (χ1n) is 9.53. The van der Waals surface area contributed by atoms with Gasteiger partial charge in [0.2, 0.25) is 5.91 Å². The maximum Gasteiger partial charge on any atom is 0.416 e. The molecule has 0 spiro atoms. The van der Waals surface area contributed by atoms with E-state index in [4.69, 9.17) is 9.47 Å². The lowest BCUT2D eigenvalue weighted by Crippen LogP contribution is -2.49. The van der Waals surface area contributed by atoms with Gasteiger partial charge >= 0.3 is 6.18 Å². The molecule has 0 aliphatic rings. The Morgan fingerprint density at radius 3 is 1.97 bits per heavy atom. The smallest absolute Gasteiger partial charge is 0.416 e. The highest BCUT2D eigenvalue weighted by Crippen LogP contribution is 2.29.